The van der Waals surface area contributed by atoms with E-state index in [2.05, 4.69) is 29.6 Å². The number of benzene rings is 1. The molecule has 0 saturated heterocycles. The summed E-state index contributed by atoms with van der Waals surface area (Å²) in [5, 5.41) is 11.4. The van der Waals surface area contributed by atoms with E-state index in [1.54, 1.807) is 0 Å². The van der Waals surface area contributed by atoms with Crippen molar-refractivity contribution in [3.05, 3.63) is 29.8 Å². The van der Waals surface area contributed by atoms with Gasteiger partial charge < -0.3 is 10.4 Å². The Balaban J connectivity index is 0.000000203. The molecular weight excluding hydrogens is 250 g/mol. The number of hydrogen-bond donors (Lipinski definition) is 2. The molecule has 0 aromatic heterocycles. The Labute approximate surface area is 113 Å². The molecule has 0 unspecified atom stereocenters. The fourth-order valence-corrected chi connectivity index (χ4v) is 1.93. The van der Waals surface area contributed by atoms with Gasteiger partial charge in [0.25, 0.3) is 0 Å². The Bertz CT molecular complexity index is 344. The number of carbonyl (C=O) groups is 1. The quantitative estimate of drug-likeness (QED) is 0.826. The van der Waals surface area contributed by atoms with Crippen LogP contribution in [0.2, 0.25) is 0 Å². The minimum atomic E-state index is -0.777. The largest absolute Gasteiger partial charge is 0.481 e. The third-order valence-corrected chi connectivity index (χ3v) is 3.00. The van der Waals surface area contributed by atoms with E-state index in [-0.39, 0.29) is 6.42 Å². The van der Waals surface area contributed by atoms with Crippen molar-refractivity contribution in [3.63, 3.8) is 0 Å². The monoisotopic (exact) mass is 269 g/mol. The molecule has 0 amide bonds. The van der Waals surface area contributed by atoms with Crippen LogP contribution in [0.5, 0.6) is 0 Å². The maximum atomic E-state index is 9.70. The zero-order valence-corrected chi connectivity index (χ0v) is 11.2. The summed E-state index contributed by atoms with van der Waals surface area (Å²) in [4.78, 5) is 9.70. The first kappa shape index (κ1) is 14.8. The van der Waals surface area contributed by atoms with Crippen molar-refractivity contribution in [1.29, 1.82) is 0 Å². The molecule has 0 saturated carbocycles. The summed E-state index contributed by atoms with van der Waals surface area (Å²) in [5.41, 5.74) is 2.81. The second-order valence-electron chi connectivity index (χ2n) is 4.23. The van der Waals surface area contributed by atoms with E-state index in [4.69, 9.17) is 16.7 Å². The second kappa shape index (κ2) is 8.81. The van der Waals surface area contributed by atoms with Crippen LogP contribution < -0.4 is 5.32 Å². The summed E-state index contributed by atoms with van der Waals surface area (Å²) in [5.74, 6) is -0.340. The molecule has 0 bridgehead atoms. The van der Waals surface area contributed by atoms with Gasteiger partial charge in [0.15, 0.2) is 0 Å². The highest BCUT2D eigenvalue weighted by Gasteiger charge is 2.04. The summed E-state index contributed by atoms with van der Waals surface area (Å²) in [6.07, 6.45) is 4.61. The zero-order valence-electron chi connectivity index (χ0n) is 10.5. The number of aryl methyl sites for hydroxylation is 1. The summed E-state index contributed by atoms with van der Waals surface area (Å²) >= 11 is 5.18. The number of carboxylic acids is 1. The molecule has 0 fully saturated rings. The highest BCUT2D eigenvalue weighted by atomic mass is 35.5. The number of aliphatic carboxylic acids is 1. The van der Waals surface area contributed by atoms with Crippen LogP contribution in [0.1, 0.15) is 31.2 Å². The van der Waals surface area contributed by atoms with Gasteiger partial charge in [-0.3, -0.25) is 4.79 Å². The highest BCUT2D eigenvalue weighted by Crippen LogP contribution is 2.19. The van der Waals surface area contributed by atoms with Crippen molar-refractivity contribution in [1.82, 2.24) is 0 Å². The first-order chi connectivity index (χ1) is 8.74. The fraction of sp³-hybridized carbons (Fsp3) is 0.500. The van der Waals surface area contributed by atoms with E-state index in [0.29, 0.717) is 12.3 Å². The van der Waals surface area contributed by atoms with Crippen LogP contribution in [0, 0.1) is 0 Å². The minimum absolute atomic E-state index is 0.184. The van der Waals surface area contributed by atoms with Crippen molar-refractivity contribution < 1.29 is 9.90 Å². The van der Waals surface area contributed by atoms with Gasteiger partial charge in [0.2, 0.25) is 0 Å². The molecule has 1 aromatic carbocycles. The smallest absolute Gasteiger partial charge is 0.303 e. The lowest BCUT2D eigenvalue weighted by molar-refractivity contribution is -0.137. The van der Waals surface area contributed by atoms with Crippen molar-refractivity contribution in [2.75, 3.05) is 17.7 Å². The standard InChI is InChI=1S/C10H13N.C4H7ClO2/c1-2-7-10-9(5-1)6-3-4-8-11-10;5-3-1-2-4(6)7/h1-2,5,7,11H,3-4,6,8H2;1-3H2,(H,6,7). The van der Waals surface area contributed by atoms with E-state index in [0.717, 1.165) is 6.54 Å². The number of carboxylic acid groups (broad SMARTS) is 1. The molecule has 2 rings (SSSR count). The first-order valence-electron chi connectivity index (χ1n) is 6.33. The predicted octanol–water partition coefficient (Wildman–Crippen LogP) is 3.52. The van der Waals surface area contributed by atoms with Gasteiger partial charge in [-0.2, -0.15) is 0 Å². The number of hydrogen-bond acceptors (Lipinski definition) is 2. The predicted molar refractivity (Wildman–Crippen MR) is 75.5 cm³/mol. The van der Waals surface area contributed by atoms with E-state index in [1.165, 1.54) is 30.5 Å². The molecule has 1 aliphatic rings. The van der Waals surface area contributed by atoms with Crippen LogP contribution in [-0.4, -0.2) is 23.5 Å². The first-order valence-corrected chi connectivity index (χ1v) is 6.87. The summed E-state index contributed by atoms with van der Waals surface area (Å²) < 4.78 is 0. The highest BCUT2D eigenvalue weighted by molar-refractivity contribution is 6.17. The number of nitrogens with one attached hydrogen (secondary N) is 1. The second-order valence-corrected chi connectivity index (χ2v) is 4.61. The summed E-state index contributed by atoms with van der Waals surface area (Å²) in [6, 6.07) is 8.59. The lowest BCUT2D eigenvalue weighted by atomic mass is 10.1. The zero-order chi connectivity index (χ0) is 13.2. The average Bonchev–Trinajstić information content (AvgIpc) is 2.62. The molecular formula is C14H20ClNO2. The van der Waals surface area contributed by atoms with Gasteiger partial charge in [-0.15, -0.1) is 11.6 Å². The van der Waals surface area contributed by atoms with E-state index >= 15 is 0 Å². The Morgan fingerprint density at radius 1 is 1.33 bits per heavy atom. The van der Waals surface area contributed by atoms with Crippen LogP contribution in [0.4, 0.5) is 5.69 Å². The van der Waals surface area contributed by atoms with E-state index in [9.17, 15) is 4.79 Å². The molecule has 4 heteroatoms. The van der Waals surface area contributed by atoms with Gasteiger partial charge in [0.1, 0.15) is 0 Å². The van der Waals surface area contributed by atoms with Crippen molar-refractivity contribution in [2.24, 2.45) is 0 Å². The Morgan fingerprint density at radius 3 is 2.78 bits per heavy atom. The molecule has 0 radical (unpaired) electrons. The molecule has 3 nitrogen and oxygen atoms in total. The minimum Gasteiger partial charge on any atom is -0.481 e. The fourth-order valence-electron chi connectivity index (χ4n) is 1.79. The maximum absolute atomic E-state index is 9.70. The lowest BCUT2D eigenvalue weighted by Crippen LogP contribution is -1.98. The third kappa shape index (κ3) is 5.92. The maximum Gasteiger partial charge on any atom is 0.303 e. The molecule has 0 spiro atoms. The van der Waals surface area contributed by atoms with Crippen LogP contribution in [0.3, 0.4) is 0 Å². The molecule has 0 aliphatic carbocycles. The Hall–Kier alpha value is -1.22. The van der Waals surface area contributed by atoms with Crippen molar-refractivity contribution in [3.8, 4) is 0 Å². The molecule has 1 heterocycles. The van der Waals surface area contributed by atoms with Gasteiger partial charge in [-0.1, -0.05) is 18.2 Å². The SMILES string of the molecule is O=C(O)CCCCl.c1ccc2c(c1)CCCCN2. The van der Waals surface area contributed by atoms with Crippen LogP contribution in [-0.2, 0) is 11.2 Å². The van der Waals surface area contributed by atoms with Gasteiger partial charge in [0.05, 0.1) is 0 Å². The number of para-hydroxylation sites is 1. The lowest BCUT2D eigenvalue weighted by Gasteiger charge is -2.04. The summed E-state index contributed by atoms with van der Waals surface area (Å²) in [6.45, 7) is 1.14. The normalized spacial score (nSPS) is 13.4. The van der Waals surface area contributed by atoms with Gasteiger partial charge in [-0.25, -0.2) is 0 Å². The third-order valence-electron chi connectivity index (χ3n) is 2.73. The molecule has 0 atom stereocenters. The van der Waals surface area contributed by atoms with Gasteiger partial charge in [0, 0.05) is 24.5 Å². The van der Waals surface area contributed by atoms with Crippen molar-refractivity contribution >= 4 is 23.3 Å². The van der Waals surface area contributed by atoms with Crippen LogP contribution in [0.15, 0.2) is 24.3 Å². The van der Waals surface area contributed by atoms with E-state index < -0.39 is 5.97 Å². The van der Waals surface area contributed by atoms with Crippen LogP contribution in [0.25, 0.3) is 0 Å². The number of rotatable bonds is 3. The molecule has 2 N–H and O–H groups in total. The number of alkyl halides is 1. The van der Waals surface area contributed by atoms with Gasteiger partial charge >= 0.3 is 5.97 Å². The molecule has 100 valence electrons. The summed E-state index contributed by atoms with van der Waals surface area (Å²) in [7, 11) is 0. The number of anilines is 1. The van der Waals surface area contributed by atoms with E-state index in [1.807, 2.05) is 0 Å². The number of fused-ring (bicyclic) bond motifs is 1. The molecule has 1 aliphatic heterocycles. The van der Waals surface area contributed by atoms with Crippen LogP contribution >= 0.6 is 11.6 Å². The molecule has 18 heavy (non-hydrogen) atoms. The average molecular weight is 270 g/mol. The van der Waals surface area contributed by atoms with Crippen molar-refractivity contribution in [2.45, 2.75) is 32.1 Å². The Kier molecular flexibility index (Phi) is 7.26. The number of halogens is 1. The topological polar surface area (TPSA) is 49.3 Å². The molecule has 1 aromatic rings. The Morgan fingerprint density at radius 2 is 2.11 bits per heavy atom. The van der Waals surface area contributed by atoms with Gasteiger partial charge in [-0.05, 0) is 37.3 Å².